The number of hydrogen-bond donors (Lipinski definition) is 1. The summed E-state index contributed by atoms with van der Waals surface area (Å²) >= 11 is 0. The second kappa shape index (κ2) is 8.07. The van der Waals surface area contributed by atoms with Crippen LogP contribution in [0.1, 0.15) is 41.2 Å². The first-order valence-corrected chi connectivity index (χ1v) is 12.6. The molecule has 11 heteroatoms. The van der Waals surface area contributed by atoms with Gasteiger partial charge >= 0.3 is 12.1 Å². The van der Waals surface area contributed by atoms with Crippen LogP contribution in [0.5, 0.6) is 11.5 Å². The van der Waals surface area contributed by atoms with Gasteiger partial charge in [0.05, 0.1) is 34.6 Å². The van der Waals surface area contributed by atoms with E-state index in [2.05, 4.69) is 0 Å². The zero-order chi connectivity index (χ0) is 28.1. The second-order valence-corrected chi connectivity index (χ2v) is 10.2. The Morgan fingerprint density at radius 2 is 1.77 bits per heavy atom. The third-order valence-corrected chi connectivity index (χ3v) is 7.88. The molecule has 0 saturated heterocycles. The van der Waals surface area contributed by atoms with Crippen molar-refractivity contribution in [3.8, 4) is 34.0 Å². The number of carbonyl (C=O) groups is 1. The SMILES string of the molecule is CC[C@@]1(O)C(=O)OCc2c1cc1n(c2=O)Cc2c-1nc1cc3c(cc1c2-c1cc(C)cc(C(F)(F)F)c1)OCO3. The summed E-state index contributed by atoms with van der Waals surface area (Å²) < 4.78 is 59.2. The molecular formula is C29H21F3N2O6. The number of aryl methyl sites for hydroxylation is 1. The van der Waals surface area contributed by atoms with Crippen LogP contribution in [0.3, 0.4) is 0 Å². The highest BCUT2D eigenvalue weighted by atomic mass is 19.4. The molecule has 8 nitrogen and oxygen atoms in total. The molecular weight excluding hydrogens is 529 g/mol. The summed E-state index contributed by atoms with van der Waals surface area (Å²) in [5.41, 5.74) is -0.0710. The Hall–Kier alpha value is -4.38. The molecule has 40 heavy (non-hydrogen) atoms. The minimum atomic E-state index is -4.57. The minimum absolute atomic E-state index is 0.000562. The number of halogens is 3. The molecule has 2 aromatic heterocycles. The molecule has 204 valence electrons. The molecule has 4 aromatic rings. The zero-order valence-electron chi connectivity index (χ0n) is 21.3. The van der Waals surface area contributed by atoms with Gasteiger partial charge in [-0.25, -0.2) is 9.78 Å². The van der Waals surface area contributed by atoms with E-state index in [4.69, 9.17) is 19.2 Å². The highest BCUT2D eigenvalue weighted by Gasteiger charge is 2.45. The number of aromatic nitrogens is 2. The summed E-state index contributed by atoms with van der Waals surface area (Å²) in [4.78, 5) is 31.0. The Kier molecular flexibility index (Phi) is 4.97. The highest BCUT2D eigenvalue weighted by Crippen LogP contribution is 2.47. The van der Waals surface area contributed by atoms with Gasteiger partial charge in [-0.3, -0.25) is 4.79 Å². The van der Waals surface area contributed by atoms with E-state index in [1.54, 1.807) is 38.1 Å². The van der Waals surface area contributed by atoms with E-state index in [9.17, 15) is 27.9 Å². The fraction of sp³-hybridized carbons (Fsp3) is 0.276. The number of rotatable bonds is 2. The molecule has 0 aliphatic carbocycles. The fourth-order valence-corrected chi connectivity index (χ4v) is 5.89. The molecule has 1 N–H and O–H groups in total. The molecule has 5 heterocycles. The van der Waals surface area contributed by atoms with Gasteiger partial charge in [0.1, 0.15) is 6.61 Å². The number of nitrogens with zero attached hydrogens (tertiary/aromatic N) is 2. The van der Waals surface area contributed by atoms with Crippen molar-refractivity contribution in [1.29, 1.82) is 0 Å². The molecule has 1 atom stereocenters. The third kappa shape index (κ3) is 3.33. The molecule has 0 amide bonds. The first kappa shape index (κ1) is 24.6. The maximum absolute atomic E-state index is 13.9. The molecule has 0 saturated carbocycles. The van der Waals surface area contributed by atoms with E-state index in [1.807, 2.05) is 0 Å². The first-order valence-electron chi connectivity index (χ1n) is 12.6. The van der Waals surface area contributed by atoms with E-state index in [0.717, 1.165) is 12.1 Å². The number of benzene rings is 2. The summed E-state index contributed by atoms with van der Waals surface area (Å²) in [7, 11) is 0. The number of cyclic esters (lactones) is 1. The number of pyridine rings is 2. The van der Waals surface area contributed by atoms with Crippen LogP contribution < -0.4 is 15.0 Å². The molecule has 3 aliphatic rings. The zero-order valence-corrected chi connectivity index (χ0v) is 21.3. The monoisotopic (exact) mass is 550 g/mol. The lowest BCUT2D eigenvalue weighted by Gasteiger charge is -2.31. The van der Waals surface area contributed by atoms with Crippen molar-refractivity contribution in [3.63, 3.8) is 0 Å². The Morgan fingerprint density at radius 3 is 2.50 bits per heavy atom. The lowest BCUT2D eigenvalue weighted by atomic mass is 9.86. The van der Waals surface area contributed by atoms with Gasteiger partial charge in [-0.05, 0) is 54.3 Å². The van der Waals surface area contributed by atoms with Crippen LogP contribution in [-0.4, -0.2) is 27.4 Å². The Bertz CT molecular complexity index is 1860. The Labute approximate surface area is 224 Å². The Balaban J connectivity index is 1.56. The van der Waals surface area contributed by atoms with Gasteiger partial charge in [-0.2, -0.15) is 13.2 Å². The number of esters is 1. The van der Waals surface area contributed by atoms with E-state index in [-0.39, 0.29) is 37.5 Å². The number of hydrogen-bond acceptors (Lipinski definition) is 7. The van der Waals surface area contributed by atoms with Crippen LogP contribution in [0.15, 0.2) is 41.2 Å². The topological polar surface area (TPSA) is 99.9 Å². The average Bonchev–Trinajstić information content (AvgIpc) is 3.52. The largest absolute Gasteiger partial charge is 0.458 e. The molecule has 0 unspecified atom stereocenters. The van der Waals surface area contributed by atoms with Gasteiger partial charge in [-0.15, -0.1) is 0 Å². The van der Waals surface area contributed by atoms with Crippen molar-refractivity contribution in [2.24, 2.45) is 0 Å². The summed E-state index contributed by atoms with van der Waals surface area (Å²) in [6.45, 7) is 2.93. The quantitative estimate of drug-likeness (QED) is 0.315. The van der Waals surface area contributed by atoms with Crippen LogP contribution in [-0.2, 0) is 34.5 Å². The minimum Gasteiger partial charge on any atom is -0.458 e. The highest BCUT2D eigenvalue weighted by molar-refractivity contribution is 6.01. The molecule has 0 bridgehead atoms. The predicted molar refractivity (Wildman–Crippen MR) is 136 cm³/mol. The predicted octanol–water partition coefficient (Wildman–Crippen LogP) is 4.80. The number of fused-ring (bicyclic) bond motifs is 6. The van der Waals surface area contributed by atoms with Crippen molar-refractivity contribution < 1.29 is 37.3 Å². The van der Waals surface area contributed by atoms with Crippen LogP contribution in [0.25, 0.3) is 33.4 Å². The van der Waals surface area contributed by atoms with Gasteiger partial charge in [0.15, 0.2) is 17.1 Å². The van der Waals surface area contributed by atoms with Crippen molar-refractivity contribution in [2.45, 2.75) is 45.2 Å². The van der Waals surface area contributed by atoms with Gasteiger partial charge in [0.25, 0.3) is 5.56 Å². The lowest BCUT2D eigenvalue weighted by molar-refractivity contribution is -0.172. The van der Waals surface area contributed by atoms with E-state index < -0.39 is 28.9 Å². The van der Waals surface area contributed by atoms with Gasteiger partial charge in [0.2, 0.25) is 6.79 Å². The Morgan fingerprint density at radius 1 is 1.02 bits per heavy atom. The molecule has 2 aromatic carbocycles. The molecule has 0 spiro atoms. The smallest absolute Gasteiger partial charge is 0.416 e. The van der Waals surface area contributed by atoms with Crippen LogP contribution >= 0.6 is 0 Å². The molecule has 3 aliphatic heterocycles. The van der Waals surface area contributed by atoms with Crippen molar-refractivity contribution in [1.82, 2.24) is 9.55 Å². The maximum Gasteiger partial charge on any atom is 0.416 e. The van der Waals surface area contributed by atoms with Crippen LogP contribution in [0.2, 0.25) is 0 Å². The third-order valence-electron chi connectivity index (χ3n) is 7.88. The molecule has 7 rings (SSSR count). The van der Waals surface area contributed by atoms with Crippen molar-refractivity contribution >= 4 is 16.9 Å². The summed E-state index contributed by atoms with van der Waals surface area (Å²) in [5.74, 6) is 0.0328. The number of ether oxygens (including phenoxy) is 3. The van der Waals surface area contributed by atoms with Crippen LogP contribution in [0.4, 0.5) is 13.2 Å². The molecule has 0 fully saturated rings. The van der Waals surface area contributed by atoms with Gasteiger partial charge in [-0.1, -0.05) is 13.0 Å². The number of aliphatic hydroxyl groups is 1. The van der Waals surface area contributed by atoms with Crippen LogP contribution in [0, 0.1) is 6.92 Å². The standard InChI is InChI=1S/C29H21F3N2O6/c1-3-28(37)19-8-21-25-17(10-34(21)26(35)18(19)11-38-27(28)36)24(14-4-13(2)5-15(6-14)29(30,31)32)16-7-22-23(40-12-39-22)9-20(16)33-25/h4-9,37H,3,10-12H2,1-2H3/t28-/m0/s1. The first-order chi connectivity index (χ1) is 19.0. The van der Waals surface area contributed by atoms with E-state index in [0.29, 0.717) is 56.0 Å². The fourth-order valence-electron chi connectivity index (χ4n) is 5.89. The maximum atomic E-state index is 13.9. The second-order valence-electron chi connectivity index (χ2n) is 10.2. The summed E-state index contributed by atoms with van der Waals surface area (Å²) in [6, 6.07) is 8.74. The van der Waals surface area contributed by atoms with Crippen molar-refractivity contribution in [3.05, 3.63) is 74.6 Å². The average molecular weight is 550 g/mol. The van der Waals surface area contributed by atoms with Crippen molar-refractivity contribution in [2.75, 3.05) is 6.79 Å². The van der Waals surface area contributed by atoms with Gasteiger partial charge in [0, 0.05) is 22.6 Å². The van der Waals surface area contributed by atoms with E-state index in [1.165, 1.54) is 4.57 Å². The number of carbonyl (C=O) groups excluding carboxylic acids is 1. The lowest BCUT2D eigenvalue weighted by Crippen LogP contribution is -2.44. The summed E-state index contributed by atoms with van der Waals surface area (Å²) in [6.07, 6.45) is -4.58. The van der Waals surface area contributed by atoms with Gasteiger partial charge < -0.3 is 23.9 Å². The summed E-state index contributed by atoms with van der Waals surface area (Å²) in [5, 5.41) is 11.7. The number of alkyl halides is 3. The molecule has 0 radical (unpaired) electrons. The van der Waals surface area contributed by atoms with E-state index >= 15 is 0 Å². The normalized spacial score (nSPS) is 18.9.